The van der Waals surface area contributed by atoms with Crippen molar-refractivity contribution in [2.24, 2.45) is 0 Å². The molecule has 0 N–H and O–H groups in total. The highest BCUT2D eigenvalue weighted by molar-refractivity contribution is 7.89. The van der Waals surface area contributed by atoms with Crippen molar-refractivity contribution in [3.63, 3.8) is 0 Å². The molecule has 3 saturated heterocycles. The summed E-state index contributed by atoms with van der Waals surface area (Å²) >= 11 is 0. The average molecular weight is 463 g/mol. The van der Waals surface area contributed by atoms with Gasteiger partial charge in [0.1, 0.15) is 0 Å². The number of hydrogen-bond donors (Lipinski definition) is 0. The number of carbonyl (C=O) groups excluding carboxylic acids is 2. The Kier molecular flexibility index (Phi) is 7.48. The molecule has 8 nitrogen and oxygen atoms in total. The Morgan fingerprint density at radius 1 is 0.750 bits per heavy atom. The molecule has 2 amide bonds. The van der Waals surface area contributed by atoms with E-state index in [9.17, 15) is 18.0 Å². The maximum atomic E-state index is 13.1. The molecule has 1 aromatic carbocycles. The molecule has 3 aliphatic heterocycles. The summed E-state index contributed by atoms with van der Waals surface area (Å²) in [6, 6.07) is 6.42. The van der Waals surface area contributed by atoms with Crippen LogP contribution >= 0.6 is 0 Å². The summed E-state index contributed by atoms with van der Waals surface area (Å²) in [7, 11) is -3.57. The number of piperidine rings is 2. The van der Waals surface area contributed by atoms with Gasteiger partial charge in [-0.3, -0.25) is 14.5 Å². The second-order valence-corrected chi connectivity index (χ2v) is 10.9. The van der Waals surface area contributed by atoms with Gasteiger partial charge in [-0.2, -0.15) is 4.31 Å². The summed E-state index contributed by atoms with van der Waals surface area (Å²) in [6.45, 7) is 5.57. The molecule has 32 heavy (non-hydrogen) atoms. The highest BCUT2D eigenvalue weighted by atomic mass is 32.2. The highest BCUT2D eigenvalue weighted by Gasteiger charge is 2.28. The molecule has 3 fully saturated rings. The van der Waals surface area contributed by atoms with E-state index in [1.54, 1.807) is 23.1 Å². The molecule has 3 aliphatic rings. The molecule has 0 aromatic heterocycles. The quantitative estimate of drug-likeness (QED) is 0.664. The molecule has 9 heteroatoms. The first kappa shape index (κ1) is 23.2. The maximum Gasteiger partial charge on any atom is 0.253 e. The number of nitrogens with zero attached hydrogens (tertiary/aromatic N) is 4. The number of sulfonamides is 1. The average Bonchev–Trinajstić information content (AvgIpc) is 2.85. The van der Waals surface area contributed by atoms with Crippen LogP contribution in [0.3, 0.4) is 0 Å². The van der Waals surface area contributed by atoms with Crippen LogP contribution in [0.1, 0.15) is 48.9 Å². The van der Waals surface area contributed by atoms with Gasteiger partial charge >= 0.3 is 0 Å². The monoisotopic (exact) mass is 462 g/mol. The predicted molar refractivity (Wildman–Crippen MR) is 122 cm³/mol. The maximum absolute atomic E-state index is 13.1. The number of piperazine rings is 1. The van der Waals surface area contributed by atoms with Crippen molar-refractivity contribution in [1.82, 2.24) is 19.0 Å². The summed E-state index contributed by atoms with van der Waals surface area (Å²) in [5, 5.41) is 0. The zero-order chi connectivity index (χ0) is 22.6. The Bertz CT molecular complexity index is 916. The number of likely N-dealkylation sites (tertiary alicyclic amines) is 1. The Morgan fingerprint density at radius 2 is 1.38 bits per heavy atom. The Labute approximate surface area is 191 Å². The summed E-state index contributed by atoms with van der Waals surface area (Å²) in [4.78, 5) is 31.6. The number of amides is 2. The molecule has 0 spiro atoms. The van der Waals surface area contributed by atoms with Crippen LogP contribution < -0.4 is 0 Å². The summed E-state index contributed by atoms with van der Waals surface area (Å²) in [6.07, 6.45) is 6.18. The van der Waals surface area contributed by atoms with Gasteiger partial charge < -0.3 is 9.80 Å². The van der Waals surface area contributed by atoms with Crippen molar-refractivity contribution in [3.05, 3.63) is 29.8 Å². The number of benzene rings is 1. The van der Waals surface area contributed by atoms with Gasteiger partial charge in [-0.15, -0.1) is 0 Å². The van der Waals surface area contributed by atoms with Crippen LogP contribution in [-0.2, 0) is 14.8 Å². The van der Waals surface area contributed by atoms with E-state index in [2.05, 4.69) is 4.90 Å². The lowest BCUT2D eigenvalue weighted by molar-refractivity contribution is -0.133. The Balaban J connectivity index is 1.34. The molecule has 0 radical (unpaired) electrons. The van der Waals surface area contributed by atoms with Crippen LogP contribution in [0.2, 0.25) is 0 Å². The lowest BCUT2D eigenvalue weighted by Gasteiger charge is -2.36. The number of rotatable bonds is 5. The van der Waals surface area contributed by atoms with E-state index in [1.807, 2.05) is 4.90 Å². The number of hydrogen-bond acceptors (Lipinski definition) is 5. The third kappa shape index (κ3) is 5.32. The van der Waals surface area contributed by atoms with Gasteiger partial charge in [-0.1, -0.05) is 12.5 Å². The van der Waals surface area contributed by atoms with E-state index < -0.39 is 10.0 Å². The van der Waals surface area contributed by atoms with E-state index in [0.717, 1.165) is 45.2 Å². The van der Waals surface area contributed by atoms with Gasteiger partial charge in [0.25, 0.3) is 5.91 Å². The fourth-order valence-corrected chi connectivity index (χ4v) is 6.33. The van der Waals surface area contributed by atoms with E-state index in [4.69, 9.17) is 0 Å². The van der Waals surface area contributed by atoms with E-state index in [-0.39, 0.29) is 16.7 Å². The SMILES string of the molecule is O=C(CN1CCN(C(=O)c2cccc(S(=O)(=O)N3CCCCC3)c2)CC1)N1CCCCC1. The Hall–Kier alpha value is -1.97. The molecule has 4 rings (SSSR count). The van der Waals surface area contributed by atoms with Crippen molar-refractivity contribution in [1.29, 1.82) is 0 Å². The van der Waals surface area contributed by atoms with Crippen LogP contribution in [0.5, 0.6) is 0 Å². The fourth-order valence-electron chi connectivity index (χ4n) is 4.77. The van der Waals surface area contributed by atoms with Gasteiger partial charge in [0.05, 0.1) is 11.4 Å². The van der Waals surface area contributed by atoms with Gasteiger partial charge in [0, 0.05) is 57.9 Å². The van der Waals surface area contributed by atoms with Crippen molar-refractivity contribution < 1.29 is 18.0 Å². The summed E-state index contributed by atoms with van der Waals surface area (Å²) in [5.41, 5.74) is 0.404. The molecular formula is C23H34N4O4S. The molecule has 0 aliphatic carbocycles. The van der Waals surface area contributed by atoms with Gasteiger partial charge in [0.2, 0.25) is 15.9 Å². The lowest BCUT2D eigenvalue weighted by Crippen LogP contribution is -2.52. The van der Waals surface area contributed by atoms with E-state index >= 15 is 0 Å². The summed E-state index contributed by atoms with van der Waals surface area (Å²) < 4.78 is 27.5. The summed E-state index contributed by atoms with van der Waals surface area (Å²) in [5.74, 6) is 0.0304. The predicted octanol–water partition coefficient (Wildman–Crippen LogP) is 1.63. The van der Waals surface area contributed by atoms with Crippen LogP contribution in [0.15, 0.2) is 29.2 Å². The van der Waals surface area contributed by atoms with Crippen molar-refractivity contribution >= 4 is 21.8 Å². The molecule has 0 saturated carbocycles. The lowest BCUT2D eigenvalue weighted by atomic mass is 10.1. The van der Waals surface area contributed by atoms with E-state index in [1.165, 1.54) is 16.8 Å². The molecule has 0 bridgehead atoms. The zero-order valence-electron chi connectivity index (χ0n) is 18.7. The molecule has 3 heterocycles. The normalized spacial score (nSPS) is 21.5. The van der Waals surface area contributed by atoms with Crippen LogP contribution in [0, 0.1) is 0 Å². The topological polar surface area (TPSA) is 81.2 Å². The zero-order valence-corrected chi connectivity index (χ0v) is 19.6. The molecule has 0 atom stereocenters. The third-order valence-corrected chi connectivity index (χ3v) is 8.66. The number of carbonyl (C=O) groups is 2. The minimum atomic E-state index is -3.57. The Morgan fingerprint density at radius 3 is 2.03 bits per heavy atom. The molecular weight excluding hydrogens is 428 g/mol. The second kappa shape index (κ2) is 10.3. The second-order valence-electron chi connectivity index (χ2n) is 9.00. The van der Waals surface area contributed by atoms with E-state index in [0.29, 0.717) is 51.4 Å². The molecule has 1 aromatic rings. The highest BCUT2D eigenvalue weighted by Crippen LogP contribution is 2.22. The minimum absolute atomic E-state index is 0.150. The molecule has 176 valence electrons. The first-order chi connectivity index (χ1) is 15.4. The largest absolute Gasteiger partial charge is 0.342 e. The van der Waals surface area contributed by atoms with Crippen molar-refractivity contribution in [3.8, 4) is 0 Å². The first-order valence-corrected chi connectivity index (χ1v) is 13.3. The van der Waals surface area contributed by atoms with Crippen molar-refractivity contribution in [2.45, 2.75) is 43.4 Å². The minimum Gasteiger partial charge on any atom is -0.342 e. The van der Waals surface area contributed by atoms with Crippen LogP contribution in [0.4, 0.5) is 0 Å². The molecule has 0 unspecified atom stereocenters. The van der Waals surface area contributed by atoms with Crippen molar-refractivity contribution in [2.75, 3.05) is 58.9 Å². The van der Waals surface area contributed by atoms with Gasteiger partial charge in [-0.25, -0.2) is 8.42 Å². The third-order valence-electron chi connectivity index (χ3n) is 6.76. The van der Waals surface area contributed by atoms with Gasteiger partial charge in [-0.05, 0) is 50.3 Å². The smallest absolute Gasteiger partial charge is 0.253 e. The standard InChI is InChI=1S/C23H34N4O4S/c28-22(25-10-3-1-4-11-25)19-24-14-16-26(17-15-24)23(29)20-8-7-9-21(18-20)32(30,31)27-12-5-2-6-13-27/h7-9,18H,1-6,10-17,19H2. The fraction of sp³-hybridized carbons (Fsp3) is 0.652. The van der Waals surface area contributed by atoms with Crippen LogP contribution in [-0.4, -0.2) is 98.1 Å². The first-order valence-electron chi connectivity index (χ1n) is 11.8. The van der Waals surface area contributed by atoms with Gasteiger partial charge in [0.15, 0.2) is 0 Å². The van der Waals surface area contributed by atoms with Crippen LogP contribution in [0.25, 0.3) is 0 Å².